The van der Waals surface area contributed by atoms with Crippen LogP contribution in [0.15, 0.2) is 217 Å². The maximum absolute atomic E-state index is 6.47. The fourth-order valence-corrected chi connectivity index (χ4v) is 14.9. The normalized spacial score (nSPS) is 13.2. The number of anilines is 9. The highest BCUT2D eigenvalue weighted by Gasteiger charge is 2.44. The lowest BCUT2D eigenvalue weighted by atomic mass is 9.33. The van der Waals surface area contributed by atoms with Crippen LogP contribution >= 0.6 is 0 Å². The molecule has 2 aromatic heterocycles. The largest absolute Gasteiger partial charge is 0.456 e. The van der Waals surface area contributed by atoms with E-state index in [2.05, 4.69) is 322 Å². The standard InChI is InChI=1S/C83H77BN4O/c1-50-40-74-79-75(41-50)88(63-44-51(2)78(52(3)45-63)55-28-36-67-66-25-19-21-27-76(66)89-77(67)46-55)72-47-57(82(9,10)11)31-38-68(72)84(79)69-39-35-62(49-73(69)87(74)60-32-29-56(30-33-60)81(6,7)8)85(80-53(4)42-58(43-54(80)5)83(12,13)14)61-34-37-65-64-24-18-20-26-70(64)86(71(65)48-61)59-22-16-15-17-23-59/h15-49H,1-14H3. The maximum Gasteiger partial charge on any atom is 0.252 e. The molecule has 0 aliphatic carbocycles. The van der Waals surface area contributed by atoms with Crippen LogP contribution in [0.3, 0.4) is 0 Å². The second-order valence-electron chi connectivity index (χ2n) is 28.6. The summed E-state index contributed by atoms with van der Waals surface area (Å²) in [4.78, 5) is 7.74. The lowest BCUT2D eigenvalue weighted by molar-refractivity contribution is 0.589. The van der Waals surface area contributed by atoms with Crippen molar-refractivity contribution in [2.45, 2.75) is 113 Å². The number of furan rings is 1. The van der Waals surface area contributed by atoms with Gasteiger partial charge < -0.3 is 23.7 Å². The number of hydrogen-bond acceptors (Lipinski definition) is 4. The first-order valence-electron chi connectivity index (χ1n) is 31.8. The van der Waals surface area contributed by atoms with Crippen molar-refractivity contribution in [1.29, 1.82) is 0 Å². The van der Waals surface area contributed by atoms with Crippen molar-refractivity contribution in [1.82, 2.24) is 4.57 Å². The van der Waals surface area contributed by atoms with E-state index in [0.29, 0.717) is 0 Å². The van der Waals surface area contributed by atoms with E-state index in [1.165, 1.54) is 117 Å². The van der Waals surface area contributed by atoms with Gasteiger partial charge in [-0.25, -0.2) is 0 Å². The number of para-hydroxylation sites is 3. The first-order chi connectivity index (χ1) is 42.6. The predicted molar refractivity (Wildman–Crippen MR) is 382 cm³/mol. The van der Waals surface area contributed by atoms with Crippen LogP contribution in [0.1, 0.15) is 107 Å². The molecule has 0 N–H and O–H groups in total. The van der Waals surface area contributed by atoms with Crippen LogP contribution < -0.4 is 31.1 Å². The molecule has 0 amide bonds. The first-order valence-corrected chi connectivity index (χ1v) is 31.8. The minimum absolute atomic E-state index is 0.0206. The minimum atomic E-state index is -0.0948. The zero-order valence-electron chi connectivity index (χ0n) is 54.0. The third kappa shape index (κ3) is 9.11. The molecule has 0 saturated heterocycles. The van der Waals surface area contributed by atoms with Gasteiger partial charge in [0.25, 0.3) is 6.71 Å². The van der Waals surface area contributed by atoms with Crippen LogP contribution in [0.5, 0.6) is 0 Å². The lowest BCUT2D eigenvalue weighted by Gasteiger charge is -2.45. The molecule has 4 heterocycles. The van der Waals surface area contributed by atoms with Crippen LogP contribution in [-0.4, -0.2) is 11.3 Å². The summed E-state index contributed by atoms with van der Waals surface area (Å²) in [5, 5.41) is 4.75. The third-order valence-corrected chi connectivity index (χ3v) is 19.3. The van der Waals surface area contributed by atoms with Crippen molar-refractivity contribution < 1.29 is 4.42 Å². The van der Waals surface area contributed by atoms with Gasteiger partial charge in [-0.1, -0.05) is 172 Å². The molecule has 0 radical (unpaired) electrons. The molecule has 0 atom stereocenters. The molecule has 0 fully saturated rings. The van der Waals surface area contributed by atoms with Gasteiger partial charge in [0.1, 0.15) is 11.2 Å². The molecule has 89 heavy (non-hydrogen) atoms. The quantitative estimate of drug-likeness (QED) is 0.149. The average molecular weight is 1160 g/mol. The van der Waals surface area contributed by atoms with Crippen LogP contribution in [0, 0.1) is 34.6 Å². The number of hydrogen-bond donors (Lipinski definition) is 0. The number of fused-ring (bicyclic) bond motifs is 10. The van der Waals surface area contributed by atoms with Crippen molar-refractivity contribution in [2.75, 3.05) is 14.7 Å². The molecule has 11 aromatic carbocycles. The summed E-state index contributed by atoms with van der Waals surface area (Å²) in [7, 11) is 0. The molecule has 5 nitrogen and oxygen atoms in total. The molecular formula is C83H77BN4O. The molecule has 13 aromatic rings. The Morgan fingerprint density at radius 3 is 1.58 bits per heavy atom. The zero-order valence-corrected chi connectivity index (χ0v) is 54.0. The summed E-state index contributed by atoms with van der Waals surface area (Å²) >= 11 is 0. The van der Waals surface area contributed by atoms with E-state index in [9.17, 15) is 0 Å². The van der Waals surface area contributed by atoms with Crippen LogP contribution in [-0.2, 0) is 16.2 Å². The Kier molecular flexibility index (Phi) is 12.8. The number of nitrogens with zero attached hydrogens (tertiary/aromatic N) is 4. The smallest absolute Gasteiger partial charge is 0.252 e. The summed E-state index contributed by atoms with van der Waals surface area (Å²) in [6.07, 6.45) is 0. The van der Waals surface area contributed by atoms with Crippen LogP contribution in [0.25, 0.3) is 60.6 Å². The van der Waals surface area contributed by atoms with Crippen molar-refractivity contribution in [3.05, 3.63) is 257 Å². The molecule has 6 heteroatoms. The van der Waals surface area contributed by atoms with E-state index in [1.54, 1.807) is 0 Å². The Hall–Kier alpha value is -9.52. The summed E-state index contributed by atoms with van der Waals surface area (Å²) in [6, 6.07) is 80.6. The molecule has 0 bridgehead atoms. The van der Waals surface area contributed by atoms with Gasteiger partial charge in [-0.2, -0.15) is 0 Å². The Morgan fingerprint density at radius 2 is 0.910 bits per heavy atom. The molecule has 0 spiro atoms. The van der Waals surface area contributed by atoms with Gasteiger partial charge in [-0.3, -0.25) is 0 Å². The number of aromatic nitrogens is 1. The molecule has 0 saturated carbocycles. The van der Waals surface area contributed by atoms with Crippen LogP contribution in [0.4, 0.5) is 51.2 Å². The number of benzene rings is 11. The molecular weight excluding hydrogens is 1080 g/mol. The van der Waals surface area contributed by atoms with E-state index in [-0.39, 0.29) is 23.0 Å². The molecule has 0 unspecified atom stereocenters. The maximum atomic E-state index is 6.47. The Morgan fingerprint density at radius 1 is 0.371 bits per heavy atom. The molecule has 438 valence electrons. The summed E-state index contributed by atoms with van der Waals surface area (Å²) in [5.74, 6) is 0. The second-order valence-corrected chi connectivity index (χ2v) is 28.6. The molecule has 2 aliphatic heterocycles. The van der Waals surface area contributed by atoms with Gasteiger partial charge in [0, 0.05) is 72.7 Å². The fraction of sp³-hybridized carbons (Fsp3) is 0.205. The summed E-state index contributed by atoms with van der Waals surface area (Å²) < 4.78 is 8.91. The highest BCUT2D eigenvalue weighted by molar-refractivity contribution is 7.00. The Balaban J connectivity index is 0.969. The summed E-state index contributed by atoms with van der Waals surface area (Å²) in [6.45, 7) is 32.3. The minimum Gasteiger partial charge on any atom is -0.456 e. The van der Waals surface area contributed by atoms with Gasteiger partial charge in [0.2, 0.25) is 0 Å². The molecule has 2 aliphatic rings. The van der Waals surface area contributed by atoms with Crippen LogP contribution in [0.2, 0.25) is 0 Å². The van der Waals surface area contributed by atoms with Crippen molar-refractivity contribution in [2.24, 2.45) is 0 Å². The fourth-order valence-electron chi connectivity index (χ4n) is 14.9. The predicted octanol–water partition coefficient (Wildman–Crippen LogP) is 21.3. The van der Waals surface area contributed by atoms with E-state index < -0.39 is 0 Å². The topological polar surface area (TPSA) is 27.8 Å². The van der Waals surface area contributed by atoms with Gasteiger partial charge >= 0.3 is 0 Å². The first kappa shape index (κ1) is 56.0. The van der Waals surface area contributed by atoms with E-state index in [1.807, 2.05) is 6.07 Å². The number of aryl methyl sites for hydroxylation is 5. The Bertz CT molecular complexity index is 4990. The van der Waals surface area contributed by atoms with Gasteiger partial charge in [0.15, 0.2) is 0 Å². The second kappa shape index (κ2) is 20.3. The van der Waals surface area contributed by atoms with Crippen molar-refractivity contribution in [3.63, 3.8) is 0 Å². The van der Waals surface area contributed by atoms with Gasteiger partial charge in [-0.05, 0) is 226 Å². The Labute approximate surface area is 525 Å². The highest BCUT2D eigenvalue weighted by atomic mass is 16.3. The summed E-state index contributed by atoms with van der Waals surface area (Å²) in [5.41, 5.74) is 31.9. The van der Waals surface area contributed by atoms with Crippen molar-refractivity contribution >= 4 is 118 Å². The average Bonchev–Trinajstić information content (AvgIpc) is 1.41. The van der Waals surface area contributed by atoms with Gasteiger partial charge in [-0.15, -0.1) is 0 Å². The molecule has 15 rings (SSSR count). The SMILES string of the molecule is Cc1cc2c3c(c1)N(c1cc(C)c(-c4ccc5c(c4)oc4ccccc45)c(C)c1)c1cc(C(C)(C)C)ccc1B3c1ccc(N(c3ccc4c5ccccc5n(-c5ccccc5)c4c3)c3c(C)cc(C(C)(C)C)cc3C)cc1N2c1ccc(C(C)(C)C)cc1. The van der Waals surface area contributed by atoms with Crippen molar-refractivity contribution in [3.8, 4) is 16.8 Å². The highest BCUT2D eigenvalue weighted by Crippen LogP contribution is 2.50. The lowest BCUT2D eigenvalue weighted by Crippen LogP contribution is -2.61. The zero-order chi connectivity index (χ0) is 61.7. The van der Waals surface area contributed by atoms with E-state index in [4.69, 9.17) is 4.42 Å². The number of rotatable bonds is 7. The monoisotopic (exact) mass is 1160 g/mol. The van der Waals surface area contributed by atoms with Gasteiger partial charge in [0.05, 0.1) is 16.7 Å². The van der Waals surface area contributed by atoms with E-state index >= 15 is 0 Å². The third-order valence-electron chi connectivity index (χ3n) is 19.3. The van der Waals surface area contributed by atoms with E-state index in [0.717, 1.165) is 55.9 Å².